The minimum absolute atomic E-state index is 0.131. The fraction of sp³-hybridized carbons (Fsp3) is 0.579. The second-order valence-corrected chi connectivity index (χ2v) is 6.73. The van der Waals surface area contributed by atoms with Gasteiger partial charge < -0.3 is 10.1 Å². The molecule has 1 heterocycles. The van der Waals surface area contributed by atoms with E-state index in [0.717, 1.165) is 12.8 Å². The molecule has 1 aliphatic carbocycles. The van der Waals surface area contributed by atoms with Crippen molar-refractivity contribution in [3.05, 3.63) is 24.3 Å². The first-order valence-corrected chi connectivity index (χ1v) is 8.96. The molecule has 1 atom stereocenters. The van der Waals surface area contributed by atoms with Gasteiger partial charge in [0.15, 0.2) is 0 Å². The lowest BCUT2D eigenvalue weighted by Crippen LogP contribution is -2.44. The van der Waals surface area contributed by atoms with Gasteiger partial charge in [-0.05, 0) is 37.1 Å². The van der Waals surface area contributed by atoms with Crippen molar-refractivity contribution in [2.45, 2.75) is 63.5 Å². The highest BCUT2D eigenvalue weighted by Gasteiger charge is 2.40. The standard InChI is InChI=1S/C19H26N2O3/c1-24-16-11-9-15(10-12-16)21-18(22)13-17(19(21)23)20-14-7-5-3-2-4-6-8-14/h9-12,14,17,20H,2-8,13H2,1H3. The zero-order chi connectivity index (χ0) is 16.9. The van der Waals surface area contributed by atoms with E-state index in [1.165, 1.54) is 37.0 Å². The number of nitrogens with zero attached hydrogens (tertiary/aromatic N) is 1. The molecule has 2 aliphatic rings. The number of methoxy groups -OCH3 is 1. The van der Waals surface area contributed by atoms with E-state index < -0.39 is 0 Å². The van der Waals surface area contributed by atoms with Crippen molar-refractivity contribution in [2.24, 2.45) is 0 Å². The number of nitrogens with one attached hydrogen (secondary N) is 1. The number of rotatable bonds is 4. The Morgan fingerprint density at radius 2 is 1.62 bits per heavy atom. The third-order valence-corrected chi connectivity index (χ3v) is 5.02. The van der Waals surface area contributed by atoms with Crippen LogP contribution in [0.4, 0.5) is 5.69 Å². The highest BCUT2D eigenvalue weighted by Crippen LogP contribution is 2.26. The number of carbonyl (C=O) groups excluding carboxylic acids is 2. The molecule has 0 aromatic heterocycles. The molecule has 1 aromatic carbocycles. The lowest BCUT2D eigenvalue weighted by Gasteiger charge is -2.24. The molecular weight excluding hydrogens is 304 g/mol. The normalized spacial score (nSPS) is 23.2. The molecule has 1 N–H and O–H groups in total. The van der Waals surface area contributed by atoms with E-state index in [1.54, 1.807) is 31.4 Å². The molecule has 3 rings (SSSR count). The van der Waals surface area contributed by atoms with Gasteiger partial charge in [0, 0.05) is 6.04 Å². The summed E-state index contributed by atoms with van der Waals surface area (Å²) < 4.78 is 5.13. The molecule has 0 bridgehead atoms. The number of anilines is 1. The topological polar surface area (TPSA) is 58.6 Å². The Morgan fingerprint density at radius 3 is 2.25 bits per heavy atom. The molecule has 1 saturated heterocycles. The van der Waals surface area contributed by atoms with Crippen LogP contribution in [0.3, 0.4) is 0 Å². The van der Waals surface area contributed by atoms with E-state index in [1.807, 2.05) is 0 Å². The fourth-order valence-corrected chi connectivity index (χ4v) is 3.67. The van der Waals surface area contributed by atoms with Crippen LogP contribution in [-0.2, 0) is 9.59 Å². The predicted molar refractivity (Wildman–Crippen MR) is 93.1 cm³/mol. The summed E-state index contributed by atoms with van der Waals surface area (Å²) >= 11 is 0. The number of imide groups is 1. The third-order valence-electron chi connectivity index (χ3n) is 5.02. The Balaban J connectivity index is 1.66. The van der Waals surface area contributed by atoms with Gasteiger partial charge in [-0.2, -0.15) is 0 Å². The molecule has 2 amide bonds. The van der Waals surface area contributed by atoms with Crippen molar-refractivity contribution in [1.82, 2.24) is 5.32 Å². The number of hydrogen-bond acceptors (Lipinski definition) is 4. The summed E-state index contributed by atoms with van der Waals surface area (Å²) in [6.07, 6.45) is 8.71. The molecule has 1 unspecified atom stereocenters. The summed E-state index contributed by atoms with van der Waals surface area (Å²) in [7, 11) is 1.59. The number of amides is 2. The van der Waals surface area contributed by atoms with Crippen molar-refractivity contribution in [1.29, 1.82) is 0 Å². The smallest absolute Gasteiger partial charge is 0.251 e. The first kappa shape index (κ1) is 17.0. The van der Waals surface area contributed by atoms with Crippen LogP contribution in [0.15, 0.2) is 24.3 Å². The molecule has 1 saturated carbocycles. The summed E-state index contributed by atoms with van der Waals surface area (Å²) in [5.74, 6) is 0.447. The maximum atomic E-state index is 12.7. The molecule has 5 heteroatoms. The van der Waals surface area contributed by atoms with E-state index in [9.17, 15) is 9.59 Å². The molecule has 1 aromatic rings. The van der Waals surface area contributed by atoms with Crippen molar-refractivity contribution >= 4 is 17.5 Å². The van der Waals surface area contributed by atoms with Crippen LogP contribution < -0.4 is 15.0 Å². The van der Waals surface area contributed by atoms with Crippen molar-refractivity contribution in [3.8, 4) is 5.75 Å². The molecule has 0 radical (unpaired) electrons. The summed E-state index contributed by atoms with van der Waals surface area (Å²) in [5, 5.41) is 3.45. The van der Waals surface area contributed by atoms with Gasteiger partial charge in [0.05, 0.1) is 25.3 Å². The van der Waals surface area contributed by atoms with Gasteiger partial charge in [0.25, 0.3) is 5.91 Å². The monoisotopic (exact) mass is 330 g/mol. The van der Waals surface area contributed by atoms with Gasteiger partial charge in [0.1, 0.15) is 5.75 Å². The Hall–Kier alpha value is -1.88. The molecular formula is C19H26N2O3. The maximum Gasteiger partial charge on any atom is 0.251 e. The van der Waals surface area contributed by atoms with Gasteiger partial charge >= 0.3 is 0 Å². The van der Waals surface area contributed by atoms with Gasteiger partial charge in [0.2, 0.25) is 5.91 Å². The molecule has 24 heavy (non-hydrogen) atoms. The SMILES string of the molecule is COc1ccc(N2C(=O)CC(NC3CCCCCCC3)C2=O)cc1. The predicted octanol–water partition coefficient (Wildman–Crippen LogP) is 3.03. The quantitative estimate of drug-likeness (QED) is 0.862. The van der Waals surface area contributed by atoms with E-state index in [4.69, 9.17) is 4.74 Å². The Labute approximate surface area is 143 Å². The van der Waals surface area contributed by atoms with Crippen LogP contribution in [-0.4, -0.2) is 31.0 Å². The van der Waals surface area contributed by atoms with E-state index in [2.05, 4.69) is 5.32 Å². The zero-order valence-electron chi connectivity index (χ0n) is 14.3. The lowest BCUT2D eigenvalue weighted by atomic mass is 9.96. The Kier molecular flexibility index (Phi) is 5.51. The van der Waals surface area contributed by atoms with E-state index in [-0.39, 0.29) is 24.3 Å². The highest BCUT2D eigenvalue weighted by atomic mass is 16.5. The second kappa shape index (κ2) is 7.79. The van der Waals surface area contributed by atoms with Crippen LogP contribution in [0.5, 0.6) is 5.75 Å². The minimum atomic E-state index is -0.385. The summed E-state index contributed by atoms with van der Waals surface area (Å²) in [4.78, 5) is 26.4. The van der Waals surface area contributed by atoms with Crippen LogP contribution in [0, 0.1) is 0 Å². The van der Waals surface area contributed by atoms with Crippen molar-refractivity contribution < 1.29 is 14.3 Å². The lowest BCUT2D eigenvalue weighted by molar-refractivity contribution is -0.121. The Bertz CT molecular complexity index is 577. The minimum Gasteiger partial charge on any atom is -0.497 e. The summed E-state index contributed by atoms with van der Waals surface area (Å²) in [6.45, 7) is 0. The van der Waals surface area contributed by atoms with E-state index in [0.29, 0.717) is 17.5 Å². The third kappa shape index (κ3) is 3.78. The second-order valence-electron chi connectivity index (χ2n) is 6.73. The van der Waals surface area contributed by atoms with Gasteiger partial charge in [-0.1, -0.05) is 32.1 Å². The number of ether oxygens (including phenoxy) is 1. The molecule has 2 fully saturated rings. The number of hydrogen-bond donors (Lipinski definition) is 1. The first-order chi connectivity index (χ1) is 11.7. The first-order valence-electron chi connectivity index (χ1n) is 8.96. The van der Waals surface area contributed by atoms with Crippen LogP contribution in [0.1, 0.15) is 51.4 Å². The number of benzene rings is 1. The maximum absolute atomic E-state index is 12.7. The Morgan fingerprint density at radius 1 is 1.00 bits per heavy atom. The zero-order valence-corrected chi connectivity index (χ0v) is 14.3. The van der Waals surface area contributed by atoms with Crippen LogP contribution in [0.2, 0.25) is 0 Å². The van der Waals surface area contributed by atoms with Crippen LogP contribution >= 0.6 is 0 Å². The average molecular weight is 330 g/mol. The highest BCUT2D eigenvalue weighted by molar-refractivity contribution is 6.22. The van der Waals surface area contributed by atoms with Gasteiger partial charge in [-0.3, -0.25) is 9.59 Å². The van der Waals surface area contributed by atoms with Crippen LogP contribution in [0.25, 0.3) is 0 Å². The molecule has 5 nitrogen and oxygen atoms in total. The summed E-state index contributed by atoms with van der Waals surface area (Å²) in [6, 6.07) is 7.02. The number of carbonyl (C=O) groups is 2. The van der Waals surface area contributed by atoms with Crippen molar-refractivity contribution in [3.63, 3.8) is 0 Å². The van der Waals surface area contributed by atoms with Gasteiger partial charge in [-0.15, -0.1) is 0 Å². The molecule has 0 spiro atoms. The molecule has 130 valence electrons. The fourth-order valence-electron chi connectivity index (χ4n) is 3.67. The van der Waals surface area contributed by atoms with Crippen molar-refractivity contribution in [2.75, 3.05) is 12.0 Å². The average Bonchev–Trinajstić information content (AvgIpc) is 2.84. The summed E-state index contributed by atoms with van der Waals surface area (Å²) in [5.41, 5.74) is 0.618. The largest absolute Gasteiger partial charge is 0.497 e. The van der Waals surface area contributed by atoms with E-state index >= 15 is 0 Å². The molecule has 1 aliphatic heterocycles. The van der Waals surface area contributed by atoms with Gasteiger partial charge in [-0.25, -0.2) is 4.90 Å².